The Labute approximate surface area is 80.9 Å². The molecule has 0 spiro atoms. The van der Waals surface area contributed by atoms with Gasteiger partial charge in [0, 0.05) is 0 Å². The molecular formula is C8H15F3N2O. The molecule has 0 rings (SSSR count). The first-order valence-corrected chi connectivity index (χ1v) is 4.08. The number of nitrogens with one attached hydrogen (secondary N) is 1. The van der Waals surface area contributed by atoms with E-state index in [0.29, 0.717) is 0 Å². The van der Waals surface area contributed by atoms with Crippen molar-refractivity contribution in [3.63, 3.8) is 0 Å². The second-order valence-corrected chi connectivity index (χ2v) is 3.97. The van der Waals surface area contributed by atoms with E-state index in [1.807, 2.05) is 0 Å². The summed E-state index contributed by atoms with van der Waals surface area (Å²) in [6.07, 6.45) is -4.52. The van der Waals surface area contributed by atoms with Crippen LogP contribution in [0.3, 0.4) is 0 Å². The number of hydrogen-bond donors (Lipinski definition) is 2. The summed E-state index contributed by atoms with van der Waals surface area (Å²) < 4.78 is 41.7. The molecule has 14 heavy (non-hydrogen) atoms. The second-order valence-electron chi connectivity index (χ2n) is 3.97. The molecule has 0 saturated carbocycles. The molecule has 0 fully saturated rings. The third kappa shape index (κ3) is 5.06. The Balaban J connectivity index is 4.35. The zero-order valence-electron chi connectivity index (χ0n) is 8.40. The molecule has 0 heterocycles. The largest absolute Gasteiger partial charge is 0.400 e. The standard InChI is InChI=1S/C8H15F3N2O/c1-7(2,3)14-4-5(6(12)13)8(9,10)11/h5H,4H2,1-3H3,(H3,12,13). The minimum Gasteiger partial charge on any atom is -0.387 e. The molecule has 0 amide bonds. The Hall–Kier alpha value is -0.780. The summed E-state index contributed by atoms with van der Waals surface area (Å²) in [5.41, 5.74) is 4.17. The molecule has 0 bridgehead atoms. The summed E-state index contributed by atoms with van der Waals surface area (Å²) in [5, 5.41) is 6.79. The molecule has 0 radical (unpaired) electrons. The van der Waals surface area contributed by atoms with Crippen LogP contribution in [-0.2, 0) is 4.74 Å². The topological polar surface area (TPSA) is 59.1 Å². The van der Waals surface area contributed by atoms with E-state index >= 15 is 0 Å². The molecule has 1 atom stereocenters. The van der Waals surface area contributed by atoms with Crippen LogP contribution in [0.15, 0.2) is 0 Å². The molecule has 3 N–H and O–H groups in total. The molecule has 84 valence electrons. The van der Waals surface area contributed by atoms with Crippen LogP contribution in [0.1, 0.15) is 20.8 Å². The lowest BCUT2D eigenvalue weighted by molar-refractivity contribution is -0.177. The number of nitrogens with two attached hydrogens (primary N) is 1. The molecule has 0 saturated heterocycles. The monoisotopic (exact) mass is 212 g/mol. The molecule has 0 aliphatic heterocycles. The molecule has 3 nitrogen and oxygen atoms in total. The third-order valence-corrected chi connectivity index (χ3v) is 1.45. The fourth-order valence-electron chi connectivity index (χ4n) is 0.694. The molecule has 0 aliphatic rings. The van der Waals surface area contributed by atoms with E-state index in [-0.39, 0.29) is 0 Å². The van der Waals surface area contributed by atoms with Gasteiger partial charge in [0.05, 0.1) is 12.2 Å². The van der Waals surface area contributed by atoms with E-state index in [4.69, 9.17) is 15.9 Å². The Morgan fingerprint density at radius 2 is 1.79 bits per heavy atom. The molecule has 0 aromatic heterocycles. The number of ether oxygens (including phenoxy) is 1. The fourth-order valence-corrected chi connectivity index (χ4v) is 0.694. The van der Waals surface area contributed by atoms with Crippen molar-refractivity contribution in [2.45, 2.75) is 32.5 Å². The Morgan fingerprint density at radius 3 is 2.00 bits per heavy atom. The van der Waals surface area contributed by atoms with Gasteiger partial charge in [-0.3, -0.25) is 5.41 Å². The molecule has 0 aliphatic carbocycles. The Kier molecular flexibility index (Phi) is 3.93. The van der Waals surface area contributed by atoms with Crippen LogP contribution in [0.25, 0.3) is 0 Å². The van der Waals surface area contributed by atoms with Crippen LogP contribution in [0.4, 0.5) is 13.2 Å². The molecule has 1 unspecified atom stereocenters. The van der Waals surface area contributed by atoms with Crippen molar-refractivity contribution in [3.05, 3.63) is 0 Å². The molecule has 6 heteroatoms. The highest BCUT2D eigenvalue weighted by Crippen LogP contribution is 2.27. The maximum absolute atomic E-state index is 12.2. The zero-order chi connectivity index (χ0) is 11.6. The van der Waals surface area contributed by atoms with Gasteiger partial charge < -0.3 is 10.5 Å². The van der Waals surface area contributed by atoms with Gasteiger partial charge in [-0.15, -0.1) is 0 Å². The van der Waals surface area contributed by atoms with Crippen LogP contribution in [0, 0.1) is 11.3 Å². The van der Waals surface area contributed by atoms with Gasteiger partial charge >= 0.3 is 6.18 Å². The van der Waals surface area contributed by atoms with Gasteiger partial charge in [-0.05, 0) is 20.8 Å². The van der Waals surface area contributed by atoms with Crippen LogP contribution in [0.5, 0.6) is 0 Å². The van der Waals surface area contributed by atoms with Crippen LogP contribution in [-0.4, -0.2) is 24.2 Å². The summed E-state index contributed by atoms with van der Waals surface area (Å²) in [6.45, 7) is 4.31. The minimum absolute atomic E-state index is 0.609. The van der Waals surface area contributed by atoms with Crippen molar-refractivity contribution in [2.24, 2.45) is 11.7 Å². The maximum Gasteiger partial charge on any atom is 0.400 e. The SMILES string of the molecule is CC(C)(C)OCC(C(=N)N)C(F)(F)F. The highest BCUT2D eigenvalue weighted by molar-refractivity contribution is 5.80. The lowest BCUT2D eigenvalue weighted by Crippen LogP contribution is -2.40. The normalized spacial score (nSPS) is 15.3. The highest BCUT2D eigenvalue weighted by atomic mass is 19.4. The first-order chi connectivity index (χ1) is 6.04. The predicted molar refractivity (Wildman–Crippen MR) is 47.2 cm³/mol. The second kappa shape index (κ2) is 4.16. The summed E-state index contributed by atoms with van der Waals surface area (Å²) >= 11 is 0. The minimum atomic E-state index is -4.52. The smallest absolute Gasteiger partial charge is 0.387 e. The third-order valence-electron chi connectivity index (χ3n) is 1.45. The van der Waals surface area contributed by atoms with Crippen molar-refractivity contribution in [1.82, 2.24) is 0 Å². The lowest BCUT2D eigenvalue weighted by atomic mass is 10.1. The van der Waals surface area contributed by atoms with E-state index in [2.05, 4.69) is 0 Å². The van der Waals surface area contributed by atoms with E-state index in [1.54, 1.807) is 20.8 Å². The quantitative estimate of drug-likeness (QED) is 0.554. The number of halogens is 3. The van der Waals surface area contributed by atoms with Crippen molar-refractivity contribution >= 4 is 5.84 Å². The number of hydrogen-bond acceptors (Lipinski definition) is 2. The molecular weight excluding hydrogens is 197 g/mol. The molecule has 0 aromatic carbocycles. The van der Waals surface area contributed by atoms with Gasteiger partial charge in [0.1, 0.15) is 11.8 Å². The zero-order valence-corrected chi connectivity index (χ0v) is 8.40. The summed E-state index contributed by atoms with van der Waals surface area (Å²) in [4.78, 5) is 0. The van der Waals surface area contributed by atoms with Crippen LogP contribution < -0.4 is 5.73 Å². The van der Waals surface area contributed by atoms with Crippen molar-refractivity contribution < 1.29 is 17.9 Å². The summed E-state index contributed by atoms with van der Waals surface area (Å²) in [7, 11) is 0. The van der Waals surface area contributed by atoms with E-state index in [0.717, 1.165) is 0 Å². The maximum atomic E-state index is 12.2. The van der Waals surface area contributed by atoms with E-state index in [9.17, 15) is 13.2 Å². The number of rotatable bonds is 3. The predicted octanol–water partition coefficient (Wildman–Crippen LogP) is 1.92. The van der Waals surface area contributed by atoms with Gasteiger partial charge in [-0.2, -0.15) is 13.2 Å². The van der Waals surface area contributed by atoms with E-state index < -0.39 is 30.1 Å². The Morgan fingerprint density at radius 1 is 1.36 bits per heavy atom. The van der Waals surface area contributed by atoms with Crippen LogP contribution in [0.2, 0.25) is 0 Å². The summed E-state index contributed by atoms with van der Waals surface area (Å²) in [6, 6.07) is 0. The first kappa shape index (κ1) is 13.2. The highest BCUT2D eigenvalue weighted by Gasteiger charge is 2.42. The van der Waals surface area contributed by atoms with E-state index in [1.165, 1.54) is 0 Å². The number of alkyl halides is 3. The fraction of sp³-hybridized carbons (Fsp3) is 0.875. The lowest BCUT2D eigenvalue weighted by Gasteiger charge is -2.25. The van der Waals surface area contributed by atoms with Crippen molar-refractivity contribution in [2.75, 3.05) is 6.61 Å². The average molecular weight is 212 g/mol. The molecule has 0 aromatic rings. The van der Waals surface area contributed by atoms with Crippen LogP contribution >= 0.6 is 0 Å². The van der Waals surface area contributed by atoms with Gasteiger partial charge in [-0.25, -0.2) is 0 Å². The van der Waals surface area contributed by atoms with Gasteiger partial charge in [0.15, 0.2) is 0 Å². The summed E-state index contributed by atoms with van der Waals surface area (Å²) in [5.74, 6) is -2.93. The van der Waals surface area contributed by atoms with Crippen molar-refractivity contribution in [3.8, 4) is 0 Å². The van der Waals surface area contributed by atoms with Gasteiger partial charge in [0.25, 0.3) is 0 Å². The van der Waals surface area contributed by atoms with Gasteiger partial charge in [-0.1, -0.05) is 0 Å². The Bertz CT molecular complexity index is 208. The average Bonchev–Trinajstić information content (AvgIpc) is 1.79. The van der Waals surface area contributed by atoms with Gasteiger partial charge in [0.2, 0.25) is 0 Å². The first-order valence-electron chi connectivity index (χ1n) is 4.08. The van der Waals surface area contributed by atoms with Crippen molar-refractivity contribution in [1.29, 1.82) is 5.41 Å². The number of amidine groups is 1.